The molecule has 156 valence electrons. The highest BCUT2D eigenvalue weighted by Gasteiger charge is 2.27. The fourth-order valence-corrected chi connectivity index (χ4v) is 5.11. The summed E-state index contributed by atoms with van der Waals surface area (Å²) in [7, 11) is 0. The van der Waals surface area contributed by atoms with Gasteiger partial charge >= 0.3 is 0 Å². The van der Waals surface area contributed by atoms with Crippen LogP contribution in [0.3, 0.4) is 0 Å². The average molecular weight is 403 g/mol. The first-order chi connectivity index (χ1) is 14.8. The first-order valence-corrected chi connectivity index (χ1v) is 11.4. The molecule has 1 atom stereocenters. The van der Waals surface area contributed by atoms with Gasteiger partial charge in [0, 0.05) is 53.2 Å². The molecule has 3 N–H and O–H groups in total. The molecule has 0 saturated heterocycles. The number of amides is 1. The van der Waals surface area contributed by atoms with Gasteiger partial charge in [0.1, 0.15) is 0 Å². The van der Waals surface area contributed by atoms with Gasteiger partial charge in [-0.1, -0.05) is 19.3 Å². The number of H-pyrrole nitrogens is 1. The van der Waals surface area contributed by atoms with Crippen LogP contribution in [0.1, 0.15) is 78.2 Å². The maximum atomic E-state index is 12.7. The quantitative estimate of drug-likeness (QED) is 0.574. The normalized spacial score (nSPS) is 19.5. The van der Waals surface area contributed by atoms with E-state index in [1.165, 1.54) is 61.6 Å². The van der Waals surface area contributed by atoms with E-state index < -0.39 is 0 Å². The summed E-state index contributed by atoms with van der Waals surface area (Å²) >= 11 is 0. The van der Waals surface area contributed by atoms with E-state index in [1.807, 2.05) is 18.2 Å². The molecule has 5 rings (SSSR count). The minimum atomic E-state index is -0.0312. The largest absolute Gasteiger partial charge is 0.357 e. The van der Waals surface area contributed by atoms with Crippen molar-refractivity contribution < 1.29 is 4.79 Å². The van der Waals surface area contributed by atoms with E-state index in [0.717, 1.165) is 23.1 Å². The average Bonchev–Trinajstić information content (AvgIpc) is 3.18. The van der Waals surface area contributed by atoms with Crippen LogP contribution in [-0.2, 0) is 13.0 Å². The summed E-state index contributed by atoms with van der Waals surface area (Å²) in [6, 6.07) is 11.0. The van der Waals surface area contributed by atoms with Gasteiger partial charge in [0.2, 0.25) is 0 Å². The lowest BCUT2D eigenvalue weighted by Crippen LogP contribution is -2.36. The number of carbonyl (C=O) groups excluding carboxylic acids is 1. The van der Waals surface area contributed by atoms with Gasteiger partial charge in [-0.15, -0.1) is 0 Å². The van der Waals surface area contributed by atoms with Crippen molar-refractivity contribution in [2.24, 2.45) is 0 Å². The number of carbonyl (C=O) groups is 1. The van der Waals surface area contributed by atoms with E-state index in [1.54, 1.807) is 12.4 Å². The predicted octanol–water partition coefficient (Wildman–Crippen LogP) is 4.79. The smallest absolute Gasteiger partial charge is 0.251 e. The Kier molecular flexibility index (Phi) is 5.54. The molecular weight excluding hydrogens is 372 g/mol. The standard InChI is InChI=1S/C25H30N4O/c30-25(27-16-17-11-13-26-14-12-17)18-9-10-22-21(15-18)20-7-4-8-23(24(20)29-22)28-19-5-2-1-3-6-19/h9-15,19,23,28-29H,1-8,16H2,(H,27,30). The van der Waals surface area contributed by atoms with Gasteiger partial charge in [-0.05, 0) is 73.6 Å². The summed E-state index contributed by atoms with van der Waals surface area (Å²) in [5.41, 5.74) is 5.66. The third-order valence-corrected chi connectivity index (χ3v) is 6.71. The van der Waals surface area contributed by atoms with Crippen LogP contribution in [-0.4, -0.2) is 21.9 Å². The van der Waals surface area contributed by atoms with Crippen LogP contribution < -0.4 is 10.6 Å². The van der Waals surface area contributed by atoms with Gasteiger partial charge in [-0.25, -0.2) is 0 Å². The van der Waals surface area contributed by atoms with Crippen LogP contribution in [0.2, 0.25) is 0 Å². The van der Waals surface area contributed by atoms with E-state index in [0.29, 0.717) is 18.6 Å². The van der Waals surface area contributed by atoms with Crippen molar-refractivity contribution in [3.8, 4) is 0 Å². The van der Waals surface area contributed by atoms with Crippen molar-refractivity contribution >= 4 is 16.8 Å². The summed E-state index contributed by atoms with van der Waals surface area (Å²) in [6.45, 7) is 0.512. The first-order valence-electron chi connectivity index (χ1n) is 11.4. The number of nitrogens with one attached hydrogen (secondary N) is 3. The molecule has 1 aromatic carbocycles. The molecule has 2 aromatic heterocycles. The highest BCUT2D eigenvalue weighted by Crippen LogP contribution is 2.36. The number of aromatic nitrogens is 2. The molecule has 0 radical (unpaired) electrons. The number of hydrogen-bond acceptors (Lipinski definition) is 3. The molecule has 0 aliphatic heterocycles. The minimum Gasteiger partial charge on any atom is -0.357 e. The van der Waals surface area contributed by atoms with Gasteiger partial charge in [-0.2, -0.15) is 0 Å². The van der Waals surface area contributed by atoms with Gasteiger partial charge in [-0.3, -0.25) is 9.78 Å². The highest BCUT2D eigenvalue weighted by molar-refractivity contribution is 5.99. The Bertz CT molecular complexity index is 1020. The monoisotopic (exact) mass is 402 g/mol. The van der Waals surface area contributed by atoms with Crippen LogP contribution in [0.5, 0.6) is 0 Å². The number of aromatic amines is 1. The molecule has 1 amide bonds. The molecule has 5 heteroatoms. The Hall–Kier alpha value is -2.66. The Morgan fingerprint density at radius 1 is 1.03 bits per heavy atom. The Morgan fingerprint density at radius 2 is 1.87 bits per heavy atom. The lowest BCUT2D eigenvalue weighted by atomic mass is 9.89. The van der Waals surface area contributed by atoms with Gasteiger partial charge in [0.15, 0.2) is 0 Å². The lowest BCUT2D eigenvalue weighted by Gasteiger charge is -2.31. The molecule has 2 aliphatic carbocycles. The lowest BCUT2D eigenvalue weighted by molar-refractivity contribution is 0.0951. The number of fused-ring (bicyclic) bond motifs is 3. The summed E-state index contributed by atoms with van der Waals surface area (Å²) in [6.07, 6.45) is 13.6. The fourth-order valence-electron chi connectivity index (χ4n) is 5.11. The van der Waals surface area contributed by atoms with Crippen molar-refractivity contribution in [2.45, 2.75) is 70.0 Å². The number of benzene rings is 1. The van der Waals surface area contributed by atoms with E-state index in [4.69, 9.17) is 0 Å². The SMILES string of the molecule is O=C(NCc1ccncc1)c1ccc2[nH]c3c(c2c1)CCCC3NC1CCCCC1. The Morgan fingerprint density at radius 3 is 2.70 bits per heavy atom. The van der Waals surface area contributed by atoms with Crippen LogP contribution in [0.25, 0.3) is 10.9 Å². The van der Waals surface area contributed by atoms with Crippen molar-refractivity contribution in [3.63, 3.8) is 0 Å². The number of nitrogens with zero attached hydrogens (tertiary/aromatic N) is 1. The second-order valence-electron chi connectivity index (χ2n) is 8.76. The molecule has 1 fully saturated rings. The van der Waals surface area contributed by atoms with Crippen molar-refractivity contribution in [3.05, 3.63) is 65.1 Å². The molecule has 1 saturated carbocycles. The molecule has 0 bridgehead atoms. The Balaban J connectivity index is 1.35. The minimum absolute atomic E-state index is 0.0312. The zero-order valence-electron chi connectivity index (χ0n) is 17.4. The van der Waals surface area contributed by atoms with E-state index >= 15 is 0 Å². The van der Waals surface area contributed by atoms with Crippen molar-refractivity contribution in [1.82, 2.24) is 20.6 Å². The maximum Gasteiger partial charge on any atom is 0.251 e. The number of rotatable bonds is 5. The van der Waals surface area contributed by atoms with Crippen LogP contribution in [0.4, 0.5) is 0 Å². The number of pyridine rings is 1. The summed E-state index contributed by atoms with van der Waals surface area (Å²) in [5.74, 6) is -0.0312. The van der Waals surface area contributed by atoms with E-state index in [-0.39, 0.29) is 5.91 Å². The molecule has 2 heterocycles. The molecule has 0 spiro atoms. The van der Waals surface area contributed by atoms with Gasteiger partial charge < -0.3 is 15.6 Å². The second kappa shape index (κ2) is 8.60. The van der Waals surface area contributed by atoms with Crippen LogP contribution >= 0.6 is 0 Å². The van der Waals surface area contributed by atoms with Gasteiger partial charge in [0.25, 0.3) is 5.91 Å². The summed E-state index contributed by atoms with van der Waals surface area (Å²) < 4.78 is 0. The van der Waals surface area contributed by atoms with Crippen molar-refractivity contribution in [2.75, 3.05) is 0 Å². The fraction of sp³-hybridized carbons (Fsp3) is 0.440. The van der Waals surface area contributed by atoms with E-state index in [2.05, 4.69) is 32.7 Å². The zero-order valence-corrected chi connectivity index (χ0v) is 17.4. The van der Waals surface area contributed by atoms with Crippen LogP contribution in [0, 0.1) is 0 Å². The Labute approximate surface area is 177 Å². The third-order valence-electron chi connectivity index (χ3n) is 6.71. The van der Waals surface area contributed by atoms with E-state index in [9.17, 15) is 4.79 Å². The first kappa shape index (κ1) is 19.3. The number of aryl methyl sites for hydroxylation is 1. The molecule has 3 aromatic rings. The summed E-state index contributed by atoms with van der Waals surface area (Å²) in [5, 5.41) is 8.17. The second-order valence-corrected chi connectivity index (χ2v) is 8.76. The molecule has 30 heavy (non-hydrogen) atoms. The van der Waals surface area contributed by atoms with Gasteiger partial charge in [0.05, 0.1) is 0 Å². The predicted molar refractivity (Wildman–Crippen MR) is 119 cm³/mol. The molecular formula is C25H30N4O. The molecule has 5 nitrogen and oxygen atoms in total. The topological polar surface area (TPSA) is 69.8 Å². The zero-order chi connectivity index (χ0) is 20.3. The number of hydrogen-bond donors (Lipinski definition) is 3. The summed E-state index contributed by atoms with van der Waals surface area (Å²) in [4.78, 5) is 20.4. The van der Waals surface area contributed by atoms with Crippen molar-refractivity contribution in [1.29, 1.82) is 0 Å². The molecule has 2 aliphatic rings. The highest BCUT2D eigenvalue weighted by atomic mass is 16.1. The molecule has 1 unspecified atom stereocenters. The van der Waals surface area contributed by atoms with Crippen LogP contribution in [0.15, 0.2) is 42.7 Å². The maximum absolute atomic E-state index is 12.7. The third kappa shape index (κ3) is 3.99.